The average molecular weight is 2730 g/mol. The number of alkyl halides is 10. The number of terminal acetylenes is 5. The van der Waals surface area contributed by atoms with Gasteiger partial charge in [0.15, 0.2) is 29.5 Å². The molecule has 142 heavy (non-hydrogen) atoms. The lowest BCUT2D eigenvalue weighted by molar-refractivity contribution is -0.385. The van der Waals surface area contributed by atoms with Gasteiger partial charge in [0.1, 0.15) is 9.79 Å². The zero-order valence-corrected chi connectivity index (χ0v) is 99.8. The summed E-state index contributed by atoms with van der Waals surface area (Å²) in [7, 11) is -5.51. The molecular formula is C88H119Br10N17O22S5. The average Bonchev–Trinajstić information content (AvgIpc) is 0.671. The Bertz CT molecular complexity index is 5840. The number of nitro benzene ring substituents is 5. The second kappa shape index (κ2) is 65.8. The van der Waals surface area contributed by atoms with E-state index < -0.39 is 74.2 Å². The molecule has 2 aliphatic rings. The number of anilines is 5. The molecule has 0 amide bonds. The van der Waals surface area contributed by atoms with Gasteiger partial charge in [0.05, 0.1) is 139 Å². The fraction of sp³-hybridized carbons (Fsp3) is 0.545. The first-order valence-corrected chi connectivity index (χ1v) is 62.5. The van der Waals surface area contributed by atoms with E-state index in [1.54, 1.807) is 19.0 Å². The van der Waals surface area contributed by atoms with Gasteiger partial charge >= 0.3 is 0 Å². The van der Waals surface area contributed by atoms with Crippen molar-refractivity contribution in [2.45, 2.75) is 37.3 Å². The van der Waals surface area contributed by atoms with E-state index >= 15 is 0 Å². The van der Waals surface area contributed by atoms with E-state index in [1.165, 1.54) is 53.0 Å². The van der Waals surface area contributed by atoms with Crippen LogP contribution in [-0.2, 0) is 59.0 Å². The van der Waals surface area contributed by atoms with Crippen LogP contribution < -0.4 is 24.5 Å². The number of rotatable bonds is 54. The minimum atomic E-state index is -4.04. The Morgan fingerprint density at radius 2 is 0.514 bits per heavy atom. The van der Waals surface area contributed by atoms with Crippen LogP contribution in [0.5, 0.6) is 0 Å². The summed E-state index contributed by atoms with van der Waals surface area (Å²) in [4.78, 5) is 72.0. The molecule has 0 aliphatic carbocycles. The van der Waals surface area contributed by atoms with E-state index in [0.717, 1.165) is 56.5 Å². The van der Waals surface area contributed by atoms with E-state index in [4.69, 9.17) is 41.6 Å². The molecule has 2 heterocycles. The number of benzene rings is 5. The number of hydrogen-bond donors (Lipinski definition) is 0. The molecule has 0 radical (unpaired) electrons. The Hall–Kier alpha value is -5.91. The van der Waals surface area contributed by atoms with Gasteiger partial charge in [0.2, 0.25) is 20.0 Å². The highest BCUT2D eigenvalue weighted by molar-refractivity contribution is 9.10. The minimum Gasteiger partial charge on any atom is -0.379 e. The maximum Gasteiger partial charge on any atom is 0.272 e. The van der Waals surface area contributed by atoms with Gasteiger partial charge in [-0.1, -0.05) is 189 Å². The molecule has 0 atom stereocenters. The fourth-order valence-electron chi connectivity index (χ4n) is 14.0. The number of sulfone groups is 3. The maximum absolute atomic E-state index is 13.5. The molecule has 788 valence electrons. The van der Waals surface area contributed by atoms with Crippen LogP contribution in [0.25, 0.3) is 0 Å². The van der Waals surface area contributed by atoms with E-state index in [-0.39, 0.29) is 111 Å². The number of nitrogens with zero attached hydrogens (tertiary/aromatic N) is 17. The molecule has 54 heteroatoms. The number of sulfonamides is 2. The van der Waals surface area contributed by atoms with Crippen LogP contribution in [0.2, 0.25) is 0 Å². The lowest BCUT2D eigenvalue weighted by atomic mass is 10.1. The molecule has 0 N–H and O–H groups in total. The summed E-state index contributed by atoms with van der Waals surface area (Å²) in [6, 6.07) is 11.8. The molecule has 2 saturated heterocycles. The maximum atomic E-state index is 13.5. The van der Waals surface area contributed by atoms with Crippen molar-refractivity contribution in [2.24, 2.45) is 0 Å². The molecule has 5 aromatic rings. The minimum absolute atomic E-state index is 0.0754. The van der Waals surface area contributed by atoms with Gasteiger partial charge in [0.25, 0.3) is 28.4 Å². The molecule has 0 aromatic heterocycles. The number of hydrogen-bond acceptors (Lipinski definition) is 32. The summed E-state index contributed by atoms with van der Waals surface area (Å²) < 4.78 is 145. The normalized spacial score (nSPS) is 13.0. The van der Waals surface area contributed by atoms with Crippen LogP contribution >= 0.6 is 159 Å². The van der Waals surface area contributed by atoms with Crippen LogP contribution in [0.1, 0.15) is 40.7 Å². The predicted molar refractivity (Wildman–Crippen MR) is 599 cm³/mol. The van der Waals surface area contributed by atoms with Gasteiger partial charge in [-0.25, -0.2) is 42.1 Å². The summed E-state index contributed by atoms with van der Waals surface area (Å²) in [6.07, 6.45) is 28.8. The lowest BCUT2D eigenvalue weighted by Crippen LogP contribution is -2.42. The first-order valence-electron chi connectivity index (χ1n) is 43.5. The second-order valence-corrected chi connectivity index (χ2v) is 49.9. The number of halogens is 10. The third kappa shape index (κ3) is 40.5. The molecular weight excluding hydrogens is 2610 g/mol. The molecule has 39 nitrogen and oxygen atoms in total. The van der Waals surface area contributed by atoms with E-state index in [2.05, 4.69) is 199 Å². The van der Waals surface area contributed by atoms with E-state index in [1.807, 2.05) is 62.5 Å². The molecule has 2 aliphatic heterocycles. The molecule has 0 unspecified atom stereocenters. The van der Waals surface area contributed by atoms with E-state index in [9.17, 15) is 92.7 Å². The van der Waals surface area contributed by atoms with Gasteiger partial charge in [-0.05, 0) is 68.2 Å². The zero-order chi connectivity index (χ0) is 107. The summed E-state index contributed by atoms with van der Waals surface area (Å²) in [5.74, 6) is 11.8. The number of likely N-dealkylation sites (N-methyl/N-ethyl adjacent to an activating group) is 3. The van der Waals surface area contributed by atoms with Crippen molar-refractivity contribution < 1.29 is 76.2 Å². The van der Waals surface area contributed by atoms with Crippen molar-refractivity contribution in [1.82, 2.24) is 33.1 Å². The van der Waals surface area contributed by atoms with Crippen LogP contribution in [0.15, 0.2) is 85.1 Å². The summed E-state index contributed by atoms with van der Waals surface area (Å²) in [6.45, 7) is 13.6. The largest absolute Gasteiger partial charge is 0.379 e. The SMILES string of the molecule is C#Cc1cc([N+](=O)[O-])cc(S(=O)(=O)CCCN(C)C)c1N(CCBr)CCBr.C#Cc1cc([N+](=O)[O-])cc(S(=O)(=O)CCCN2CCOCC2)c1N(CCBr)CCBr.C#Cc1cc([N+](=O)[O-])cc(S(=O)(=O)CCN(C)C)c1N(CCBr)CCBr.C#Cc1cc([N+](=O)[O-])cc(S(=O)(=O)N(C)CCN(C)C)c1N(CCBr)CCBr.C#Cc1cc([N+](=O)[O-])cc(S(=O)(=O)N(C)CCN2CCOCC2)c1N(CCBr)CCBr. The van der Waals surface area contributed by atoms with E-state index in [0.29, 0.717) is 219 Å². The highest BCUT2D eigenvalue weighted by atomic mass is 79.9. The third-order valence-electron chi connectivity index (χ3n) is 21.2. The van der Waals surface area contributed by atoms with Crippen molar-refractivity contribution in [3.8, 4) is 61.7 Å². The van der Waals surface area contributed by atoms with Crippen LogP contribution in [0, 0.1) is 112 Å². The van der Waals surface area contributed by atoms with Crippen LogP contribution in [0.4, 0.5) is 56.9 Å². The molecule has 0 spiro atoms. The predicted octanol–water partition coefficient (Wildman–Crippen LogP) is 12.6. The Labute approximate surface area is 919 Å². The molecule has 5 aromatic carbocycles. The van der Waals surface area contributed by atoms with Gasteiger partial charge in [-0.15, -0.1) is 32.1 Å². The summed E-state index contributed by atoms with van der Waals surface area (Å²) >= 11 is 33.7. The van der Waals surface area contributed by atoms with Crippen molar-refractivity contribution in [3.63, 3.8) is 0 Å². The highest BCUT2D eigenvalue weighted by Gasteiger charge is 2.37. The van der Waals surface area contributed by atoms with Crippen LogP contribution in [0.3, 0.4) is 0 Å². The Morgan fingerprint density at radius 3 is 0.746 bits per heavy atom. The van der Waals surface area contributed by atoms with Gasteiger partial charge < -0.3 is 48.7 Å². The molecule has 0 saturated carbocycles. The van der Waals surface area contributed by atoms with Gasteiger partial charge in [-0.2, -0.15) is 8.61 Å². The number of nitro groups is 5. The van der Waals surface area contributed by atoms with Gasteiger partial charge in [0, 0.05) is 252 Å². The van der Waals surface area contributed by atoms with Crippen molar-refractivity contribution in [2.75, 3.05) is 315 Å². The third-order valence-corrected chi connectivity index (χ3v) is 33.8. The highest BCUT2D eigenvalue weighted by Crippen LogP contribution is 2.41. The van der Waals surface area contributed by atoms with Gasteiger partial charge in [-0.3, -0.25) is 60.4 Å². The topological polar surface area (TPSA) is 444 Å². The quantitative estimate of drug-likeness (QED) is 0.0151. The fourth-order valence-corrected chi connectivity index (χ4v) is 25.9. The first kappa shape index (κ1) is 130. The first-order chi connectivity index (χ1) is 67.0. The molecule has 7 rings (SSSR count). The number of non-ortho nitro benzene ring substituents is 5. The number of ether oxygens (including phenoxy) is 2. The summed E-state index contributed by atoms with van der Waals surface area (Å²) in [5, 5.41) is 62.7. The monoisotopic (exact) mass is 2710 g/mol. The van der Waals surface area contributed by atoms with Crippen molar-refractivity contribution in [1.29, 1.82) is 0 Å². The van der Waals surface area contributed by atoms with Crippen LogP contribution in [-0.4, -0.2) is 391 Å². The standard InChI is InChI=1S/C19H26Br2N4O5S.C19H25Br2N3O5S.C17H24Br2N4O4S.C17H23Br2N3O4S.C16H21Br2N3O4S/c1-3-16-14-17(25(26)27)15-18(19(16)24(6-4-20)7-5-21)31(28,29)22(2)8-9-23-10-12-30-13-11-23;1-2-16-14-17(24(25)26)15-18(19(16)23(7-4-20)8-5-21)30(27,28)13-3-6-22-9-11-29-12-10-22;1-5-14-12-15(23(24)25)13-16(17(14)22(8-6-18)9-7-19)28(26,27)21(4)11-10-20(2)3;1-4-14-12-15(22(23)24)13-16(17(14)21(9-6-18)10-7-19)27(25,26)11-5-8-20(2)3;1-4-13-11-14(21(22)23)12-15(26(24,25)10-9-19(2)3)16(13)20(7-5-17)8-6-18/h1,14-15H,4-13H2,2H3;1,14-15H,3-13H2;1,12-13H,6-11H2,2-4H3;1,12-13H,5-11H2,2-3H3;1,11-12H,5-10H2,2-3H3. The summed E-state index contributed by atoms with van der Waals surface area (Å²) in [5.41, 5.74) is 0.953. The Morgan fingerprint density at radius 1 is 0.296 bits per heavy atom. The molecule has 0 bridgehead atoms. The smallest absolute Gasteiger partial charge is 0.272 e. The Kier molecular flexibility index (Phi) is 60.4. The zero-order valence-electron chi connectivity index (χ0n) is 79.8. The molecule has 2 fully saturated rings. The van der Waals surface area contributed by atoms with Crippen molar-refractivity contribution >= 4 is 266 Å². The lowest BCUT2D eigenvalue weighted by Gasteiger charge is -2.30. The number of morpholine rings is 2. The Balaban J connectivity index is 0.000000457. The second-order valence-electron chi connectivity index (χ2n) is 31.7. The van der Waals surface area contributed by atoms with Crippen molar-refractivity contribution in [3.05, 3.63) is 139 Å².